The van der Waals surface area contributed by atoms with Gasteiger partial charge in [-0.25, -0.2) is 4.79 Å². The third kappa shape index (κ3) is 7.23. The number of carbonyl (C=O) groups is 1. The molecule has 0 atom stereocenters. The molecule has 0 radical (unpaired) electrons. The molecule has 1 aliphatic heterocycles. The average molecular weight is 504 g/mol. The number of amides is 2. The van der Waals surface area contributed by atoms with Crippen LogP contribution in [0.2, 0.25) is 6.04 Å². The Morgan fingerprint density at radius 1 is 0.824 bits per heavy atom. The number of benzene rings is 2. The van der Waals surface area contributed by atoms with Gasteiger partial charge >= 0.3 is 14.8 Å². The van der Waals surface area contributed by atoms with Gasteiger partial charge in [0.25, 0.3) is 0 Å². The van der Waals surface area contributed by atoms with Gasteiger partial charge in [0.1, 0.15) is 0 Å². The highest BCUT2D eigenvalue weighted by molar-refractivity contribution is 7.99. The van der Waals surface area contributed by atoms with Gasteiger partial charge in [-0.05, 0) is 57.9 Å². The lowest BCUT2D eigenvalue weighted by molar-refractivity contribution is 0.0708. The number of hydrogen-bond acceptors (Lipinski definition) is 6. The summed E-state index contributed by atoms with van der Waals surface area (Å²) in [6.07, 6.45) is 1.59. The number of hydrogen-bond donors (Lipinski definition) is 2. The van der Waals surface area contributed by atoms with Gasteiger partial charge in [-0.2, -0.15) is 0 Å². The molecule has 2 aromatic carbocycles. The summed E-state index contributed by atoms with van der Waals surface area (Å²) in [7, 11) is -2.65. The zero-order chi connectivity index (χ0) is 24.2. The molecular weight excluding hydrogens is 466 g/mol. The van der Waals surface area contributed by atoms with Crippen LogP contribution in [0.5, 0.6) is 0 Å². The Morgan fingerprint density at radius 3 is 1.85 bits per heavy atom. The van der Waals surface area contributed by atoms with Crippen LogP contribution in [0.3, 0.4) is 0 Å². The van der Waals surface area contributed by atoms with Gasteiger partial charge in [-0.1, -0.05) is 36.0 Å². The first-order chi connectivity index (χ1) is 16.6. The predicted octanol–water partition coefficient (Wildman–Crippen LogP) is 5.42. The summed E-state index contributed by atoms with van der Waals surface area (Å²) >= 11 is 1.81. The molecule has 0 aliphatic carbocycles. The highest BCUT2D eigenvalue weighted by atomic mass is 32.2. The lowest BCUT2D eigenvalue weighted by atomic mass is 10.2. The summed E-state index contributed by atoms with van der Waals surface area (Å²) in [4.78, 5) is 17.1. The number of rotatable bonds is 14. The number of anilines is 2. The molecule has 2 aromatic rings. The minimum absolute atomic E-state index is 0.147. The highest BCUT2D eigenvalue weighted by Gasteiger charge is 2.39. The zero-order valence-corrected chi connectivity index (χ0v) is 22.3. The maximum atomic E-state index is 12.3. The Kier molecular flexibility index (Phi) is 10.7. The van der Waals surface area contributed by atoms with E-state index >= 15 is 0 Å². The minimum atomic E-state index is -2.65. The van der Waals surface area contributed by atoms with Crippen LogP contribution in [0.25, 0.3) is 0 Å². The number of carbonyl (C=O) groups excluding carboxylic acids is 1. The predicted molar refractivity (Wildman–Crippen MR) is 140 cm³/mol. The van der Waals surface area contributed by atoms with Crippen molar-refractivity contribution >= 4 is 38.0 Å². The smallest absolute Gasteiger partial charge is 0.374 e. The second-order valence-electron chi connectivity index (χ2n) is 7.81. The molecule has 0 spiro atoms. The van der Waals surface area contributed by atoms with Gasteiger partial charge < -0.3 is 28.8 Å². The van der Waals surface area contributed by atoms with Gasteiger partial charge in [-0.15, -0.1) is 0 Å². The first kappa shape index (κ1) is 26.6. The molecule has 1 heterocycles. The van der Waals surface area contributed by atoms with Crippen LogP contribution < -0.4 is 15.5 Å². The van der Waals surface area contributed by atoms with E-state index in [0.717, 1.165) is 19.4 Å². The second-order valence-corrected chi connectivity index (χ2v) is 11.6. The van der Waals surface area contributed by atoms with Crippen LogP contribution in [-0.2, 0) is 13.3 Å². The molecule has 0 aromatic heterocycles. The van der Waals surface area contributed by atoms with Gasteiger partial charge in [0, 0.05) is 55.3 Å². The maximum absolute atomic E-state index is 12.3. The zero-order valence-electron chi connectivity index (χ0n) is 20.5. The van der Waals surface area contributed by atoms with E-state index in [1.807, 2.05) is 20.8 Å². The molecule has 0 saturated carbocycles. The molecule has 0 fully saturated rings. The lowest BCUT2D eigenvalue weighted by Crippen LogP contribution is -2.46. The minimum Gasteiger partial charge on any atom is -0.374 e. The molecule has 0 saturated heterocycles. The van der Waals surface area contributed by atoms with Gasteiger partial charge in [0.05, 0.1) is 11.4 Å². The van der Waals surface area contributed by atoms with Crippen molar-refractivity contribution in [2.24, 2.45) is 0 Å². The van der Waals surface area contributed by atoms with Crippen LogP contribution in [0, 0.1) is 0 Å². The van der Waals surface area contributed by atoms with Crippen LogP contribution in [-0.4, -0.2) is 54.3 Å². The van der Waals surface area contributed by atoms with Crippen molar-refractivity contribution in [1.82, 2.24) is 10.6 Å². The maximum Gasteiger partial charge on any atom is 0.500 e. The van der Waals surface area contributed by atoms with E-state index in [2.05, 4.69) is 64.1 Å². The van der Waals surface area contributed by atoms with Crippen molar-refractivity contribution in [2.75, 3.05) is 44.4 Å². The van der Waals surface area contributed by atoms with Gasteiger partial charge in [0.2, 0.25) is 0 Å². The fourth-order valence-electron chi connectivity index (χ4n) is 4.03. The molecule has 34 heavy (non-hydrogen) atoms. The van der Waals surface area contributed by atoms with Crippen LogP contribution in [0.4, 0.5) is 16.2 Å². The molecular formula is C25H37N3O4SSi. The van der Waals surface area contributed by atoms with Crippen molar-refractivity contribution in [2.45, 2.75) is 49.4 Å². The lowest BCUT2D eigenvalue weighted by Gasteiger charge is -2.32. The summed E-state index contributed by atoms with van der Waals surface area (Å²) < 4.78 is 17.6. The summed E-state index contributed by atoms with van der Waals surface area (Å²) in [5.74, 6) is 0. The van der Waals surface area contributed by atoms with E-state index in [1.54, 1.807) is 11.8 Å². The molecule has 7 nitrogen and oxygen atoms in total. The van der Waals surface area contributed by atoms with Crippen molar-refractivity contribution < 1.29 is 18.1 Å². The Labute approximate surface area is 208 Å². The molecule has 0 bridgehead atoms. The number of nitrogens with one attached hydrogen (secondary N) is 2. The normalized spacial score (nSPS) is 12.7. The topological polar surface area (TPSA) is 72.1 Å². The molecule has 9 heteroatoms. The quantitative estimate of drug-likeness (QED) is 0.265. The van der Waals surface area contributed by atoms with E-state index in [4.69, 9.17) is 13.3 Å². The molecule has 3 rings (SSSR count). The van der Waals surface area contributed by atoms with E-state index in [1.165, 1.54) is 21.2 Å². The van der Waals surface area contributed by atoms with Crippen molar-refractivity contribution in [3.05, 3.63) is 48.5 Å². The van der Waals surface area contributed by atoms with E-state index in [9.17, 15) is 4.79 Å². The summed E-state index contributed by atoms with van der Waals surface area (Å²) in [5, 5.41) is 5.92. The Bertz CT molecular complexity index is 855. The van der Waals surface area contributed by atoms with E-state index < -0.39 is 8.80 Å². The van der Waals surface area contributed by atoms with Crippen molar-refractivity contribution in [1.29, 1.82) is 0 Å². The molecule has 2 amide bonds. The monoisotopic (exact) mass is 503 g/mol. The molecule has 2 N–H and O–H groups in total. The Hall–Kier alpha value is -2.04. The molecule has 1 aliphatic rings. The van der Waals surface area contributed by atoms with Crippen molar-refractivity contribution in [3.8, 4) is 0 Å². The SMILES string of the molecule is CCO[Si](CCCNC(=O)NCCCN1c2ccccc2Sc2ccccc21)(OCC)OCC. The summed E-state index contributed by atoms with van der Waals surface area (Å²) in [6, 6.07) is 17.5. The third-order valence-corrected chi connectivity index (χ3v) is 9.70. The molecule has 0 unspecified atom stereocenters. The number of fused-ring (bicyclic) bond motifs is 2. The van der Waals surface area contributed by atoms with Gasteiger partial charge in [0.15, 0.2) is 0 Å². The number of nitrogens with zero attached hydrogens (tertiary/aromatic N) is 1. The first-order valence-electron chi connectivity index (χ1n) is 12.2. The first-order valence-corrected chi connectivity index (χ1v) is 14.9. The third-order valence-electron chi connectivity index (χ3n) is 5.41. The van der Waals surface area contributed by atoms with E-state index in [0.29, 0.717) is 39.0 Å². The van der Waals surface area contributed by atoms with Crippen LogP contribution >= 0.6 is 11.8 Å². The number of para-hydroxylation sites is 2. The largest absolute Gasteiger partial charge is 0.500 e. The standard InChI is InChI=1S/C25H37N3O4SSi/c1-4-30-34(31-5-2,32-6-3)20-12-18-27-25(29)26-17-11-19-28-21-13-7-9-15-23(21)33-24-16-10-8-14-22(24)28/h7-10,13-16H,4-6,11-12,17-20H2,1-3H3,(H2,26,27,29). The Balaban J connectivity index is 1.42. The second kappa shape index (κ2) is 13.7. The average Bonchev–Trinajstić information content (AvgIpc) is 2.84. The summed E-state index contributed by atoms with van der Waals surface area (Å²) in [6.45, 7) is 9.52. The highest BCUT2D eigenvalue weighted by Crippen LogP contribution is 2.47. The van der Waals surface area contributed by atoms with Crippen LogP contribution in [0.15, 0.2) is 58.3 Å². The fraction of sp³-hybridized carbons (Fsp3) is 0.480. The van der Waals surface area contributed by atoms with E-state index in [-0.39, 0.29) is 6.03 Å². The fourth-order valence-corrected chi connectivity index (χ4v) is 7.74. The van der Waals surface area contributed by atoms with Crippen molar-refractivity contribution in [3.63, 3.8) is 0 Å². The number of urea groups is 1. The van der Waals surface area contributed by atoms with Gasteiger partial charge in [-0.3, -0.25) is 0 Å². The Morgan fingerprint density at radius 2 is 1.32 bits per heavy atom. The summed E-state index contributed by atoms with van der Waals surface area (Å²) in [5.41, 5.74) is 2.45. The molecule has 186 valence electrons. The van der Waals surface area contributed by atoms with Crippen LogP contribution in [0.1, 0.15) is 33.6 Å².